The maximum atomic E-state index is 13.4. The fourth-order valence-electron chi connectivity index (χ4n) is 3.27. The van der Waals surface area contributed by atoms with Crippen molar-refractivity contribution < 1.29 is 13.6 Å². The van der Waals surface area contributed by atoms with Gasteiger partial charge >= 0.3 is 7.60 Å². The van der Waals surface area contributed by atoms with Crippen LogP contribution < -0.4 is 0 Å². The highest BCUT2D eigenvalue weighted by Crippen LogP contribution is 2.50. The van der Waals surface area contributed by atoms with Crippen molar-refractivity contribution in [3.63, 3.8) is 0 Å². The molecule has 2 aromatic heterocycles. The Kier molecular flexibility index (Phi) is 8.16. The average molecular weight is 431 g/mol. The van der Waals surface area contributed by atoms with Gasteiger partial charge in [0.05, 0.1) is 24.9 Å². The van der Waals surface area contributed by atoms with Gasteiger partial charge in [0.15, 0.2) is 0 Å². The standard InChI is InChI=1S/C22H27N2O3PS/c1-3-26-28(25,27-4-2)18-24(17-19-11-6-5-7-12-19)22(21-14-10-16-29-21)20-13-8-9-15-23-20/h5-16,22H,3-4,17-18H2,1-2H3. The van der Waals surface area contributed by atoms with E-state index < -0.39 is 7.60 Å². The molecule has 5 nitrogen and oxygen atoms in total. The summed E-state index contributed by atoms with van der Waals surface area (Å²) in [5.74, 6) is 0. The number of benzene rings is 1. The zero-order valence-electron chi connectivity index (χ0n) is 16.8. The Morgan fingerprint density at radius 2 is 1.72 bits per heavy atom. The molecule has 1 aromatic carbocycles. The predicted octanol–water partition coefficient (Wildman–Crippen LogP) is 5.96. The van der Waals surface area contributed by atoms with Gasteiger partial charge in [-0.3, -0.25) is 14.4 Å². The molecular weight excluding hydrogens is 403 g/mol. The highest BCUT2D eigenvalue weighted by atomic mass is 32.1. The van der Waals surface area contributed by atoms with Gasteiger partial charge in [-0.05, 0) is 43.0 Å². The molecule has 0 bridgehead atoms. The second-order valence-electron chi connectivity index (χ2n) is 6.49. The maximum absolute atomic E-state index is 13.4. The Bertz CT molecular complexity index is 881. The summed E-state index contributed by atoms with van der Waals surface area (Å²) in [7, 11) is -3.29. The number of thiophene rings is 1. The fourth-order valence-corrected chi connectivity index (χ4v) is 5.88. The van der Waals surface area contributed by atoms with Crippen LogP contribution in [0.5, 0.6) is 0 Å². The van der Waals surface area contributed by atoms with Crippen molar-refractivity contribution in [3.8, 4) is 0 Å². The molecule has 3 aromatic rings. The van der Waals surface area contributed by atoms with Crippen molar-refractivity contribution in [2.75, 3.05) is 19.5 Å². The molecule has 29 heavy (non-hydrogen) atoms. The molecule has 0 aliphatic heterocycles. The van der Waals surface area contributed by atoms with Crippen molar-refractivity contribution in [1.82, 2.24) is 9.88 Å². The third-order valence-electron chi connectivity index (χ3n) is 4.38. The van der Waals surface area contributed by atoms with Gasteiger partial charge < -0.3 is 9.05 Å². The summed E-state index contributed by atoms with van der Waals surface area (Å²) in [5.41, 5.74) is 2.04. The number of aromatic nitrogens is 1. The molecule has 0 spiro atoms. The summed E-state index contributed by atoms with van der Waals surface area (Å²) in [6.45, 7) is 4.95. The molecule has 0 saturated carbocycles. The van der Waals surface area contributed by atoms with E-state index in [1.54, 1.807) is 17.5 Å². The molecule has 0 amide bonds. The molecule has 2 heterocycles. The van der Waals surface area contributed by atoms with Crippen LogP contribution in [0.2, 0.25) is 0 Å². The van der Waals surface area contributed by atoms with Crippen molar-refractivity contribution in [1.29, 1.82) is 0 Å². The van der Waals surface area contributed by atoms with Crippen LogP contribution in [0.1, 0.15) is 36.0 Å². The lowest BCUT2D eigenvalue weighted by Gasteiger charge is -2.33. The van der Waals surface area contributed by atoms with Gasteiger partial charge in [0.2, 0.25) is 0 Å². The first-order chi connectivity index (χ1) is 14.1. The third-order valence-corrected chi connectivity index (χ3v) is 7.32. The van der Waals surface area contributed by atoms with Gasteiger partial charge in [0.1, 0.15) is 6.29 Å². The van der Waals surface area contributed by atoms with Crippen LogP contribution in [-0.2, 0) is 20.2 Å². The Labute approximate surface area is 176 Å². The van der Waals surface area contributed by atoms with Gasteiger partial charge in [-0.2, -0.15) is 0 Å². The Morgan fingerprint density at radius 1 is 1.00 bits per heavy atom. The van der Waals surface area contributed by atoms with E-state index in [4.69, 9.17) is 9.05 Å². The van der Waals surface area contributed by atoms with Gasteiger partial charge in [-0.15, -0.1) is 11.3 Å². The molecule has 154 valence electrons. The Hall–Kier alpha value is -1.82. The smallest absolute Gasteiger partial charge is 0.308 e. The minimum absolute atomic E-state index is 0.148. The lowest BCUT2D eigenvalue weighted by molar-refractivity contribution is 0.179. The van der Waals surface area contributed by atoms with Crippen molar-refractivity contribution >= 4 is 18.9 Å². The summed E-state index contributed by atoms with van der Waals surface area (Å²) in [4.78, 5) is 7.90. The van der Waals surface area contributed by atoms with Crippen molar-refractivity contribution in [2.45, 2.75) is 26.4 Å². The minimum atomic E-state index is -3.29. The van der Waals surface area contributed by atoms with Crippen LogP contribution >= 0.6 is 18.9 Å². The summed E-state index contributed by atoms with van der Waals surface area (Å²) >= 11 is 1.66. The Morgan fingerprint density at radius 3 is 2.31 bits per heavy atom. The lowest BCUT2D eigenvalue weighted by Crippen LogP contribution is -2.31. The molecular formula is C22H27N2O3PS. The van der Waals surface area contributed by atoms with Crippen molar-refractivity contribution in [3.05, 3.63) is 88.4 Å². The molecule has 1 atom stereocenters. The second-order valence-corrected chi connectivity index (χ2v) is 9.49. The van der Waals surface area contributed by atoms with Crippen LogP contribution in [0.15, 0.2) is 72.2 Å². The zero-order valence-corrected chi connectivity index (χ0v) is 18.5. The summed E-state index contributed by atoms with van der Waals surface area (Å²) in [6, 6.07) is 20.0. The highest BCUT2D eigenvalue weighted by molar-refractivity contribution is 7.53. The molecule has 0 fully saturated rings. The fraction of sp³-hybridized carbons (Fsp3) is 0.318. The van der Waals surface area contributed by atoms with Gasteiger partial charge in [-0.25, -0.2) is 0 Å². The minimum Gasteiger partial charge on any atom is -0.308 e. The molecule has 0 aliphatic rings. The number of pyridine rings is 1. The van der Waals surface area contributed by atoms with Gasteiger partial charge in [-0.1, -0.05) is 42.5 Å². The van der Waals surface area contributed by atoms with Gasteiger partial charge in [0, 0.05) is 17.6 Å². The van der Waals surface area contributed by atoms with Crippen LogP contribution in [0.25, 0.3) is 0 Å². The largest absolute Gasteiger partial charge is 0.344 e. The molecule has 0 aliphatic carbocycles. The van der Waals surface area contributed by atoms with E-state index in [9.17, 15) is 4.57 Å². The van der Waals surface area contributed by atoms with Crippen LogP contribution in [0.4, 0.5) is 0 Å². The maximum Gasteiger partial charge on any atom is 0.344 e. The highest BCUT2D eigenvalue weighted by Gasteiger charge is 2.33. The first-order valence-electron chi connectivity index (χ1n) is 9.75. The molecule has 0 radical (unpaired) electrons. The summed E-state index contributed by atoms with van der Waals surface area (Å²) in [6.07, 6.45) is 1.98. The third kappa shape index (κ3) is 6.08. The van der Waals surface area contributed by atoms with Gasteiger partial charge in [0.25, 0.3) is 0 Å². The Balaban J connectivity index is 2.02. The number of nitrogens with zero attached hydrogens (tertiary/aromatic N) is 2. The quantitative estimate of drug-likeness (QED) is 0.352. The molecule has 1 unspecified atom stereocenters. The van der Waals surface area contributed by atoms with Crippen LogP contribution in [0, 0.1) is 0 Å². The molecule has 7 heteroatoms. The SMILES string of the molecule is CCOP(=O)(CN(Cc1ccccc1)C(c1ccccn1)c1cccs1)OCC. The number of hydrogen-bond acceptors (Lipinski definition) is 6. The average Bonchev–Trinajstić information content (AvgIpc) is 3.24. The number of rotatable bonds is 11. The zero-order chi connectivity index (χ0) is 20.5. The van der Waals surface area contributed by atoms with E-state index in [2.05, 4.69) is 33.5 Å². The van der Waals surface area contributed by atoms with E-state index in [-0.39, 0.29) is 12.3 Å². The molecule has 0 N–H and O–H groups in total. The summed E-state index contributed by atoms with van der Waals surface area (Å²) in [5, 5.41) is 2.05. The van der Waals surface area contributed by atoms with E-state index in [0.717, 1.165) is 16.1 Å². The molecule has 3 rings (SSSR count). The lowest BCUT2D eigenvalue weighted by atomic mass is 10.1. The second kappa shape index (κ2) is 10.8. The first-order valence-corrected chi connectivity index (χ1v) is 12.4. The van der Waals surface area contributed by atoms with Crippen LogP contribution in [-0.4, -0.2) is 29.4 Å². The molecule has 0 saturated heterocycles. The monoisotopic (exact) mass is 430 g/mol. The first kappa shape index (κ1) is 21.9. The normalized spacial score (nSPS) is 12.9. The van der Waals surface area contributed by atoms with Crippen LogP contribution in [0.3, 0.4) is 0 Å². The van der Waals surface area contributed by atoms with Crippen molar-refractivity contribution in [2.24, 2.45) is 0 Å². The topological polar surface area (TPSA) is 51.7 Å². The van der Waals surface area contributed by atoms with E-state index >= 15 is 0 Å². The van der Waals surface area contributed by atoms with E-state index in [1.807, 2.05) is 56.3 Å². The number of hydrogen-bond donors (Lipinski definition) is 0. The predicted molar refractivity (Wildman–Crippen MR) is 118 cm³/mol. The van der Waals surface area contributed by atoms with E-state index in [1.165, 1.54) is 0 Å². The van der Waals surface area contributed by atoms with E-state index in [0.29, 0.717) is 19.8 Å². The summed E-state index contributed by atoms with van der Waals surface area (Å²) < 4.78 is 24.6.